The smallest absolute Gasteiger partial charge is 0.130 e. The molecule has 3 nitrogen and oxygen atoms in total. The van der Waals surface area contributed by atoms with E-state index in [0.29, 0.717) is 11.4 Å². The van der Waals surface area contributed by atoms with E-state index in [9.17, 15) is 4.39 Å². The fourth-order valence-electron chi connectivity index (χ4n) is 1.54. The number of rotatable bonds is 2. The van der Waals surface area contributed by atoms with E-state index in [1.54, 1.807) is 35.2 Å². The molecule has 2 N–H and O–H groups in total. The van der Waals surface area contributed by atoms with Gasteiger partial charge in [-0.15, -0.1) is 12.4 Å². The van der Waals surface area contributed by atoms with E-state index in [2.05, 4.69) is 4.98 Å². The molecule has 1 aromatic heterocycles. The molecule has 0 aliphatic carbocycles. The molecule has 86 valence electrons. The third-order valence-corrected chi connectivity index (χ3v) is 2.38. The molecule has 0 saturated carbocycles. The Kier molecular flexibility index (Phi) is 4.04. The Morgan fingerprint density at radius 3 is 2.62 bits per heavy atom. The molecule has 0 aliphatic heterocycles. The predicted molar refractivity (Wildman–Crippen MR) is 62.9 cm³/mol. The lowest BCUT2D eigenvalue weighted by molar-refractivity contribution is 0.588. The van der Waals surface area contributed by atoms with Gasteiger partial charge in [-0.2, -0.15) is 0 Å². The van der Waals surface area contributed by atoms with Crippen molar-refractivity contribution in [3.8, 4) is 0 Å². The van der Waals surface area contributed by atoms with Crippen LogP contribution in [0.15, 0.2) is 36.7 Å². The van der Waals surface area contributed by atoms with Crippen molar-refractivity contribution in [2.45, 2.75) is 6.04 Å². The zero-order valence-electron chi connectivity index (χ0n) is 8.80. The highest BCUT2D eigenvalue weighted by Crippen LogP contribution is 2.19. The fourth-order valence-corrected chi connectivity index (χ4v) is 1.54. The minimum Gasteiger partial charge on any atom is -0.336 e. The van der Waals surface area contributed by atoms with Crippen LogP contribution in [0.3, 0.4) is 0 Å². The molecule has 0 radical (unpaired) electrons. The number of aromatic nitrogens is 2. The molecular formula is C11H13ClFN3. The minimum atomic E-state index is -0.522. The molecule has 0 spiro atoms. The number of benzene rings is 1. The van der Waals surface area contributed by atoms with Gasteiger partial charge in [-0.05, 0) is 6.07 Å². The minimum absolute atomic E-state index is 0. The van der Waals surface area contributed by atoms with E-state index in [1.807, 2.05) is 7.05 Å². The number of aryl methyl sites for hydroxylation is 1. The van der Waals surface area contributed by atoms with Crippen LogP contribution in [0.25, 0.3) is 0 Å². The summed E-state index contributed by atoms with van der Waals surface area (Å²) < 4.78 is 15.2. The predicted octanol–water partition coefficient (Wildman–Crippen LogP) is 2.03. The topological polar surface area (TPSA) is 43.8 Å². The van der Waals surface area contributed by atoms with Crippen LogP contribution in [-0.4, -0.2) is 9.55 Å². The molecule has 1 aromatic carbocycles. The van der Waals surface area contributed by atoms with Crippen LogP contribution in [0, 0.1) is 5.82 Å². The van der Waals surface area contributed by atoms with Crippen LogP contribution >= 0.6 is 12.4 Å². The summed E-state index contributed by atoms with van der Waals surface area (Å²) >= 11 is 0. The molecule has 1 atom stereocenters. The molecule has 1 heterocycles. The monoisotopic (exact) mass is 241 g/mol. The maximum absolute atomic E-state index is 13.4. The van der Waals surface area contributed by atoms with E-state index in [4.69, 9.17) is 5.73 Å². The summed E-state index contributed by atoms with van der Waals surface area (Å²) in [6, 6.07) is 5.96. The zero-order valence-corrected chi connectivity index (χ0v) is 9.62. The van der Waals surface area contributed by atoms with E-state index in [-0.39, 0.29) is 18.2 Å². The Balaban J connectivity index is 0.00000128. The van der Waals surface area contributed by atoms with Gasteiger partial charge < -0.3 is 10.3 Å². The number of nitrogens with two attached hydrogens (primary N) is 1. The van der Waals surface area contributed by atoms with Gasteiger partial charge in [0.15, 0.2) is 0 Å². The third-order valence-electron chi connectivity index (χ3n) is 2.38. The Labute approximate surface area is 99.5 Å². The van der Waals surface area contributed by atoms with Crippen molar-refractivity contribution in [3.05, 3.63) is 53.9 Å². The van der Waals surface area contributed by atoms with Crippen LogP contribution in [0.1, 0.15) is 17.4 Å². The quantitative estimate of drug-likeness (QED) is 0.874. The summed E-state index contributed by atoms with van der Waals surface area (Å²) in [6.07, 6.45) is 3.44. The third kappa shape index (κ3) is 2.23. The summed E-state index contributed by atoms with van der Waals surface area (Å²) in [7, 11) is 1.84. The van der Waals surface area contributed by atoms with Crippen molar-refractivity contribution < 1.29 is 4.39 Å². The first-order valence-corrected chi connectivity index (χ1v) is 4.67. The fraction of sp³-hybridized carbons (Fsp3) is 0.182. The average molecular weight is 242 g/mol. The van der Waals surface area contributed by atoms with Crippen molar-refractivity contribution in [2.75, 3.05) is 0 Å². The summed E-state index contributed by atoms with van der Waals surface area (Å²) in [5.74, 6) is 0.355. The lowest BCUT2D eigenvalue weighted by Gasteiger charge is -2.12. The van der Waals surface area contributed by atoms with Crippen LogP contribution in [0.5, 0.6) is 0 Å². The van der Waals surface area contributed by atoms with Crippen LogP contribution < -0.4 is 5.73 Å². The normalized spacial score (nSPS) is 11.9. The van der Waals surface area contributed by atoms with Gasteiger partial charge in [0.05, 0.1) is 6.04 Å². The Hall–Kier alpha value is -1.39. The largest absolute Gasteiger partial charge is 0.336 e. The molecule has 5 heteroatoms. The lowest BCUT2D eigenvalue weighted by Crippen LogP contribution is -2.17. The molecule has 0 bridgehead atoms. The van der Waals surface area contributed by atoms with Crippen LogP contribution in [0.2, 0.25) is 0 Å². The first-order valence-electron chi connectivity index (χ1n) is 4.67. The van der Waals surface area contributed by atoms with E-state index in [1.165, 1.54) is 6.07 Å². The lowest BCUT2D eigenvalue weighted by atomic mass is 10.1. The zero-order chi connectivity index (χ0) is 10.8. The average Bonchev–Trinajstić information content (AvgIpc) is 2.64. The molecule has 0 aliphatic rings. The molecule has 2 rings (SSSR count). The Morgan fingerprint density at radius 2 is 2.06 bits per heavy atom. The van der Waals surface area contributed by atoms with Gasteiger partial charge in [0.1, 0.15) is 11.6 Å². The summed E-state index contributed by atoms with van der Waals surface area (Å²) in [5, 5.41) is 0. The van der Waals surface area contributed by atoms with Crippen LogP contribution in [-0.2, 0) is 7.05 Å². The SMILES string of the molecule is Cl.Cn1ccnc1C(N)c1ccccc1F. The highest BCUT2D eigenvalue weighted by Gasteiger charge is 2.16. The van der Waals surface area contributed by atoms with Gasteiger partial charge in [0, 0.05) is 25.0 Å². The van der Waals surface area contributed by atoms with E-state index >= 15 is 0 Å². The highest BCUT2D eigenvalue weighted by atomic mass is 35.5. The standard InChI is InChI=1S/C11H12FN3.ClH/c1-15-7-6-14-11(15)10(13)8-4-2-3-5-9(8)12;/h2-7,10H,13H2,1H3;1H. The van der Waals surface area contributed by atoms with Crippen LogP contribution in [0.4, 0.5) is 4.39 Å². The van der Waals surface area contributed by atoms with E-state index in [0.717, 1.165) is 0 Å². The van der Waals surface area contributed by atoms with Crippen molar-refractivity contribution in [1.29, 1.82) is 0 Å². The molecule has 1 unspecified atom stereocenters. The van der Waals surface area contributed by atoms with Crippen molar-refractivity contribution in [3.63, 3.8) is 0 Å². The van der Waals surface area contributed by atoms with Gasteiger partial charge >= 0.3 is 0 Å². The molecular weight excluding hydrogens is 229 g/mol. The van der Waals surface area contributed by atoms with Crippen molar-refractivity contribution in [2.24, 2.45) is 12.8 Å². The maximum atomic E-state index is 13.4. The first-order chi connectivity index (χ1) is 7.20. The molecule has 16 heavy (non-hydrogen) atoms. The number of halogens is 2. The van der Waals surface area contributed by atoms with E-state index < -0.39 is 6.04 Å². The number of hydrogen-bond acceptors (Lipinski definition) is 2. The first kappa shape index (κ1) is 12.7. The summed E-state index contributed by atoms with van der Waals surface area (Å²) in [6.45, 7) is 0. The van der Waals surface area contributed by atoms with Gasteiger partial charge in [-0.1, -0.05) is 18.2 Å². The molecule has 0 saturated heterocycles. The Bertz CT molecular complexity index is 470. The second-order valence-electron chi connectivity index (χ2n) is 3.40. The molecule has 0 fully saturated rings. The Morgan fingerprint density at radius 1 is 1.38 bits per heavy atom. The maximum Gasteiger partial charge on any atom is 0.130 e. The second-order valence-corrected chi connectivity index (χ2v) is 3.40. The van der Waals surface area contributed by atoms with Crippen molar-refractivity contribution >= 4 is 12.4 Å². The second kappa shape index (κ2) is 5.09. The van der Waals surface area contributed by atoms with Gasteiger partial charge in [-0.3, -0.25) is 0 Å². The van der Waals surface area contributed by atoms with Crippen molar-refractivity contribution in [1.82, 2.24) is 9.55 Å². The molecule has 2 aromatic rings. The molecule has 0 amide bonds. The number of hydrogen-bond donors (Lipinski definition) is 1. The van der Waals surface area contributed by atoms with Gasteiger partial charge in [0.2, 0.25) is 0 Å². The summed E-state index contributed by atoms with van der Waals surface area (Å²) in [4.78, 5) is 4.10. The summed E-state index contributed by atoms with van der Waals surface area (Å²) in [5.41, 5.74) is 6.40. The van der Waals surface area contributed by atoms with Gasteiger partial charge in [-0.25, -0.2) is 9.37 Å². The highest BCUT2D eigenvalue weighted by molar-refractivity contribution is 5.85. The van der Waals surface area contributed by atoms with Gasteiger partial charge in [0.25, 0.3) is 0 Å². The number of nitrogens with zero attached hydrogens (tertiary/aromatic N) is 2. The number of imidazole rings is 1.